The molecule has 0 bridgehead atoms. The van der Waals surface area contributed by atoms with Crippen LogP contribution in [0.3, 0.4) is 0 Å². The van der Waals surface area contributed by atoms with Gasteiger partial charge in [0.05, 0.1) is 26.4 Å². The lowest BCUT2D eigenvalue weighted by Gasteiger charge is -2.21. The molecule has 0 saturated heterocycles. The van der Waals surface area contributed by atoms with Crippen molar-refractivity contribution in [1.82, 2.24) is 0 Å². The van der Waals surface area contributed by atoms with Gasteiger partial charge in [-0.25, -0.2) is 9.13 Å². The Balaban J connectivity index is 5.24. The zero-order valence-electron chi connectivity index (χ0n) is 71.5. The topological polar surface area (TPSA) is 237 Å². The molecule has 0 heterocycles. The minimum absolute atomic E-state index is 0.0843. The first-order valence-corrected chi connectivity index (χ1v) is 48.8. The number of rotatable bonds is 86. The number of hydrogen-bond donors (Lipinski definition) is 3. The lowest BCUT2D eigenvalue weighted by Crippen LogP contribution is -2.30. The number of allylic oxidation sites excluding steroid dienone is 4. The number of phosphoric acid groups is 2. The Morgan fingerprint density at radius 2 is 0.514 bits per heavy atom. The number of unbranched alkanes of at least 4 members (excludes halogenated alkanes) is 48. The molecule has 0 spiro atoms. The molecule has 0 aliphatic rings. The van der Waals surface area contributed by atoms with Gasteiger partial charge in [-0.2, -0.15) is 0 Å². The van der Waals surface area contributed by atoms with Gasteiger partial charge in [0, 0.05) is 25.7 Å². The molecule has 0 aromatic heterocycles. The quantitative estimate of drug-likeness (QED) is 0.0169. The normalized spacial score (nSPS) is 14.7. The van der Waals surface area contributed by atoms with E-state index in [1.165, 1.54) is 244 Å². The van der Waals surface area contributed by atoms with Crippen molar-refractivity contribution in [3.8, 4) is 0 Å². The maximum atomic E-state index is 13.2. The maximum Gasteiger partial charge on any atom is 0.472 e. The van der Waals surface area contributed by atoms with Crippen LogP contribution in [0.2, 0.25) is 0 Å². The summed E-state index contributed by atoms with van der Waals surface area (Å²) in [4.78, 5) is 73.3. The van der Waals surface area contributed by atoms with Gasteiger partial charge in [0.1, 0.15) is 19.3 Å². The van der Waals surface area contributed by atoms with E-state index in [2.05, 4.69) is 72.8 Å². The summed E-state index contributed by atoms with van der Waals surface area (Å²) in [6.45, 7) is 12.0. The highest BCUT2D eigenvalue weighted by molar-refractivity contribution is 7.47. The van der Waals surface area contributed by atoms with E-state index in [1.54, 1.807) is 0 Å². The Morgan fingerprint density at radius 1 is 0.294 bits per heavy atom. The number of esters is 4. The van der Waals surface area contributed by atoms with Crippen LogP contribution in [0.4, 0.5) is 0 Å². The Bertz CT molecular complexity index is 2200. The zero-order valence-corrected chi connectivity index (χ0v) is 73.3. The lowest BCUT2D eigenvalue weighted by molar-refractivity contribution is -0.161. The van der Waals surface area contributed by atoms with Gasteiger partial charge in [0.15, 0.2) is 12.2 Å². The molecule has 8 atom stereocenters. The van der Waals surface area contributed by atoms with Crippen molar-refractivity contribution in [3.05, 3.63) is 24.3 Å². The van der Waals surface area contributed by atoms with Crippen molar-refractivity contribution in [1.29, 1.82) is 0 Å². The second kappa shape index (κ2) is 79.4. The molecular weight excluding hydrogens is 1410 g/mol. The number of carbonyl (C=O) groups excluding carboxylic acids is 4. The van der Waals surface area contributed by atoms with Crippen LogP contribution in [-0.4, -0.2) is 96.7 Å². The Hall–Kier alpha value is -2.46. The number of ether oxygens (including phenoxy) is 4. The van der Waals surface area contributed by atoms with Gasteiger partial charge in [-0.15, -0.1) is 0 Å². The van der Waals surface area contributed by atoms with E-state index in [0.717, 1.165) is 127 Å². The van der Waals surface area contributed by atoms with Gasteiger partial charge in [-0.05, 0) is 69.1 Å². The van der Waals surface area contributed by atoms with Crippen LogP contribution in [-0.2, 0) is 65.4 Å². The summed E-state index contributed by atoms with van der Waals surface area (Å²) in [5, 5.41) is 10.7. The first-order chi connectivity index (χ1) is 52.8. The van der Waals surface area contributed by atoms with Crippen molar-refractivity contribution in [2.24, 2.45) is 17.8 Å². The Morgan fingerprint density at radius 3 is 0.771 bits per heavy atom. The van der Waals surface area contributed by atoms with Gasteiger partial charge in [-0.3, -0.25) is 37.3 Å². The SMILES string of the molecule is CCCCCC/C=C\C=C/CCCCCCCC(=O)O[C@H](COC(=O)CCCCCCCCC(C)CC)COP(=O)(O)OC[C@H](O)COP(=O)(O)OC[C@@H](COC(=O)CCCCCCCCCCCCCCCCCCCCC(C)CC)OC(=O)CCCCCCCCCCCCCCCCCCCCC(C)CC. The number of aliphatic hydroxyl groups excluding tert-OH is 1. The molecule has 0 rings (SSSR count). The second-order valence-electron chi connectivity index (χ2n) is 32.4. The smallest absolute Gasteiger partial charge is 0.462 e. The standard InChI is InChI=1S/C90H172O17P2/c1-8-12-13-14-15-16-17-18-27-35-40-45-50-59-66-74-90(95)107-86(78-101-88(93)72-65-58-53-52-56-63-70-83(7)11-4)80-105-109(98,99)103-76-84(91)75-102-108(96,97)104-79-85(106-89(94)73-67-60-51-46-41-36-31-26-22-20-24-29-33-38-43-48-55-62-69-82(6)10-3)77-100-87(92)71-64-57-49-44-39-34-30-25-21-19-23-28-32-37-42-47-54-61-68-81(5)9-2/h16-18,27,81-86,91H,8-15,19-26,28-80H2,1-7H3,(H,96,97)(H,98,99)/b17-16-,27-18-/t81?,82?,83?,84-,85-,86-/m1/s1. The summed E-state index contributed by atoms with van der Waals surface area (Å²) >= 11 is 0. The average Bonchev–Trinajstić information content (AvgIpc) is 0.899. The van der Waals surface area contributed by atoms with Crippen molar-refractivity contribution in [2.45, 2.75) is 471 Å². The van der Waals surface area contributed by atoms with E-state index >= 15 is 0 Å². The number of hydrogen-bond acceptors (Lipinski definition) is 15. The molecule has 0 radical (unpaired) electrons. The molecule has 0 saturated carbocycles. The first kappa shape index (κ1) is 107. The third kappa shape index (κ3) is 79.2. The molecular formula is C90H172O17P2. The number of aliphatic hydroxyl groups is 1. The molecule has 5 unspecified atom stereocenters. The monoisotopic (exact) mass is 1590 g/mol. The largest absolute Gasteiger partial charge is 0.472 e. The lowest BCUT2D eigenvalue weighted by atomic mass is 9.99. The van der Waals surface area contributed by atoms with Gasteiger partial charge >= 0.3 is 39.5 Å². The molecule has 109 heavy (non-hydrogen) atoms. The van der Waals surface area contributed by atoms with Crippen LogP contribution in [0, 0.1) is 17.8 Å². The van der Waals surface area contributed by atoms with Crippen LogP contribution in [0.15, 0.2) is 24.3 Å². The minimum atomic E-state index is -4.97. The predicted molar refractivity (Wildman–Crippen MR) is 450 cm³/mol. The molecule has 0 fully saturated rings. The maximum absolute atomic E-state index is 13.2. The van der Waals surface area contributed by atoms with Crippen LogP contribution in [0.25, 0.3) is 0 Å². The molecule has 17 nitrogen and oxygen atoms in total. The predicted octanol–water partition coefficient (Wildman–Crippen LogP) is 27.2. The van der Waals surface area contributed by atoms with E-state index in [0.29, 0.717) is 25.7 Å². The molecule has 0 amide bonds. The first-order valence-electron chi connectivity index (χ1n) is 45.8. The highest BCUT2D eigenvalue weighted by atomic mass is 31.2. The summed E-state index contributed by atoms with van der Waals surface area (Å²) in [6, 6.07) is 0. The van der Waals surface area contributed by atoms with E-state index in [4.69, 9.17) is 37.0 Å². The second-order valence-corrected chi connectivity index (χ2v) is 35.3. The summed E-state index contributed by atoms with van der Waals surface area (Å²) in [5.74, 6) is 0.337. The number of carbonyl (C=O) groups is 4. The number of phosphoric ester groups is 2. The highest BCUT2D eigenvalue weighted by Crippen LogP contribution is 2.45. The van der Waals surface area contributed by atoms with E-state index < -0.39 is 97.5 Å². The summed E-state index contributed by atoms with van der Waals surface area (Å²) in [6.07, 6.45) is 74.5. The van der Waals surface area contributed by atoms with Crippen LogP contribution in [0.5, 0.6) is 0 Å². The van der Waals surface area contributed by atoms with E-state index in [-0.39, 0.29) is 25.7 Å². The van der Waals surface area contributed by atoms with E-state index in [9.17, 15) is 43.2 Å². The van der Waals surface area contributed by atoms with Crippen molar-refractivity contribution in [2.75, 3.05) is 39.6 Å². The van der Waals surface area contributed by atoms with Gasteiger partial charge in [0.2, 0.25) is 0 Å². The van der Waals surface area contributed by atoms with Crippen LogP contribution >= 0.6 is 15.6 Å². The van der Waals surface area contributed by atoms with Gasteiger partial charge in [-0.1, -0.05) is 400 Å². The summed E-state index contributed by atoms with van der Waals surface area (Å²) in [7, 11) is -9.95. The average molecular weight is 1590 g/mol. The third-order valence-electron chi connectivity index (χ3n) is 21.6. The minimum Gasteiger partial charge on any atom is -0.462 e. The van der Waals surface area contributed by atoms with Crippen LogP contribution in [0.1, 0.15) is 453 Å². The summed E-state index contributed by atoms with van der Waals surface area (Å²) in [5.41, 5.74) is 0. The molecule has 0 aromatic rings. The molecule has 0 aromatic carbocycles. The van der Waals surface area contributed by atoms with Gasteiger partial charge < -0.3 is 33.8 Å². The fourth-order valence-electron chi connectivity index (χ4n) is 13.4. The molecule has 19 heteroatoms. The molecule has 0 aliphatic carbocycles. The Labute approximate surface area is 669 Å². The molecule has 0 aliphatic heterocycles. The Kier molecular flexibility index (Phi) is 77.6. The fourth-order valence-corrected chi connectivity index (χ4v) is 15.0. The van der Waals surface area contributed by atoms with Crippen LogP contribution < -0.4 is 0 Å². The third-order valence-corrected chi connectivity index (χ3v) is 23.5. The van der Waals surface area contributed by atoms with Crippen molar-refractivity contribution in [3.63, 3.8) is 0 Å². The zero-order chi connectivity index (χ0) is 80.0. The van der Waals surface area contributed by atoms with Crippen molar-refractivity contribution >= 4 is 39.5 Å². The highest BCUT2D eigenvalue weighted by Gasteiger charge is 2.31. The van der Waals surface area contributed by atoms with Gasteiger partial charge in [0.25, 0.3) is 0 Å². The molecule has 644 valence electrons. The summed E-state index contributed by atoms with van der Waals surface area (Å²) < 4.78 is 68.9. The van der Waals surface area contributed by atoms with Crippen molar-refractivity contribution < 1.29 is 80.2 Å². The fraction of sp³-hybridized carbons (Fsp3) is 0.911. The van der Waals surface area contributed by atoms with E-state index in [1.807, 2.05) is 0 Å². The molecule has 3 N–H and O–H groups in total.